The van der Waals surface area contributed by atoms with E-state index >= 15 is 0 Å². The first-order valence-corrected chi connectivity index (χ1v) is 10.4. The van der Waals surface area contributed by atoms with Crippen LogP contribution in [-0.2, 0) is 16.2 Å². The van der Waals surface area contributed by atoms with Gasteiger partial charge in [-0.15, -0.1) is 4.48 Å². The smallest absolute Gasteiger partial charge is 0.368 e. The average molecular weight is 445 g/mol. The molecule has 1 heterocycles. The third-order valence-electron chi connectivity index (χ3n) is 4.84. The summed E-state index contributed by atoms with van der Waals surface area (Å²) in [5, 5.41) is 0. The monoisotopic (exact) mass is 445 g/mol. The molecule has 0 spiro atoms. The Kier molecular flexibility index (Phi) is 6.04. The highest BCUT2D eigenvalue weighted by Crippen LogP contribution is 2.30. The number of piperazine rings is 1. The van der Waals surface area contributed by atoms with E-state index in [0.717, 1.165) is 25.2 Å². The highest BCUT2D eigenvalue weighted by molar-refractivity contribution is 7.89. The lowest BCUT2D eigenvalue weighted by molar-refractivity contribution is -0.137. The summed E-state index contributed by atoms with van der Waals surface area (Å²) in [6, 6.07) is 9.94. The molecule has 30 heavy (non-hydrogen) atoms. The molecule has 162 valence electrons. The summed E-state index contributed by atoms with van der Waals surface area (Å²) in [7, 11) is -3.56. The van der Waals surface area contributed by atoms with Gasteiger partial charge in [0, 0.05) is 44.5 Å². The largest absolute Gasteiger partial charge is 0.416 e. The van der Waals surface area contributed by atoms with Crippen molar-refractivity contribution in [2.45, 2.75) is 11.1 Å². The van der Waals surface area contributed by atoms with E-state index in [1.807, 2.05) is 4.90 Å². The van der Waals surface area contributed by atoms with Crippen LogP contribution in [0.4, 0.5) is 23.3 Å². The van der Waals surface area contributed by atoms with E-state index in [2.05, 4.69) is 0 Å². The van der Waals surface area contributed by atoms with Crippen molar-refractivity contribution in [1.29, 1.82) is 0 Å². The Morgan fingerprint density at radius 1 is 1.00 bits per heavy atom. The Labute approximate surface area is 171 Å². The summed E-state index contributed by atoms with van der Waals surface area (Å²) in [5.41, 5.74) is 0.00361. The van der Waals surface area contributed by atoms with Crippen molar-refractivity contribution < 1.29 is 30.9 Å². The fraction of sp³-hybridized carbons (Fsp3) is 0.316. The summed E-state index contributed by atoms with van der Waals surface area (Å²) in [4.78, 5) is 15.8. The summed E-state index contributed by atoms with van der Waals surface area (Å²) in [6.07, 6.45) is -4.40. The quantitative estimate of drug-likeness (QED) is 0.536. The van der Waals surface area contributed by atoms with Gasteiger partial charge in [0.15, 0.2) is 0 Å². The third kappa shape index (κ3) is 4.57. The van der Waals surface area contributed by atoms with E-state index in [1.165, 1.54) is 35.2 Å². The number of carbonyl (C=O) groups excluding carboxylic acids is 1. The van der Waals surface area contributed by atoms with Gasteiger partial charge in [-0.05, 0) is 47.0 Å². The number of hydrogen-bond donors (Lipinski definition) is 0. The van der Waals surface area contributed by atoms with Gasteiger partial charge in [0.2, 0.25) is 0 Å². The minimum Gasteiger partial charge on any atom is -0.368 e. The van der Waals surface area contributed by atoms with E-state index < -0.39 is 32.2 Å². The number of alkyl halides is 3. The second-order valence-electron chi connectivity index (χ2n) is 6.75. The van der Waals surface area contributed by atoms with Gasteiger partial charge >= 0.3 is 6.18 Å². The summed E-state index contributed by atoms with van der Waals surface area (Å²) < 4.78 is 74.7. The fourth-order valence-electron chi connectivity index (χ4n) is 3.15. The van der Waals surface area contributed by atoms with Crippen molar-refractivity contribution >= 4 is 21.6 Å². The van der Waals surface area contributed by atoms with Crippen LogP contribution in [0.15, 0.2) is 53.4 Å². The molecule has 0 unspecified atom stereocenters. The molecule has 11 heteroatoms. The lowest BCUT2D eigenvalue weighted by Crippen LogP contribution is -2.48. The zero-order chi connectivity index (χ0) is 22.1. The molecule has 1 saturated heterocycles. The molecule has 0 radical (unpaired) electrons. The normalized spacial score (nSPS) is 15.5. The van der Waals surface area contributed by atoms with Crippen LogP contribution in [0, 0.1) is 0 Å². The molecule has 0 saturated carbocycles. The van der Waals surface area contributed by atoms with Crippen molar-refractivity contribution in [3.05, 3.63) is 59.7 Å². The van der Waals surface area contributed by atoms with Gasteiger partial charge in [-0.25, -0.2) is 8.42 Å². The maximum atomic E-state index is 13.2. The number of rotatable bonds is 4. The molecule has 2 aromatic carbocycles. The number of anilines is 1. The summed E-state index contributed by atoms with van der Waals surface area (Å²) in [6.45, 7) is 1.42. The van der Waals surface area contributed by atoms with Crippen molar-refractivity contribution in [2.24, 2.45) is 0 Å². The van der Waals surface area contributed by atoms with Crippen molar-refractivity contribution in [2.75, 3.05) is 38.1 Å². The molecule has 1 aliphatic rings. The van der Waals surface area contributed by atoms with Crippen LogP contribution in [0.25, 0.3) is 0 Å². The molecule has 3 rings (SSSR count). The second-order valence-corrected chi connectivity index (χ2v) is 8.67. The first-order chi connectivity index (χ1) is 14.0. The predicted octanol–water partition coefficient (Wildman–Crippen LogP) is 3.17. The zero-order valence-corrected chi connectivity index (χ0v) is 16.8. The summed E-state index contributed by atoms with van der Waals surface area (Å²) >= 11 is 0. The molecule has 1 aliphatic heterocycles. The fourth-order valence-corrected chi connectivity index (χ4v) is 3.96. The van der Waals surface area contributed by atoms with Crippen LogP contribution >= 0.6 is 0 Å². The molecular formula is C19H19F4N3O3S. The first kappa shape index (κ1) is 22.0. The number of carbonyl (C=O) groups is 1. The van der Waals surface area contributed by atoms with Gasteiger partial charge in [0.05, 0.1) is 10.5 Å². The molecule has 0 aliphatic carbocycles. The highest BCUT2D eigenvalue weighted by atomic mass is 32.2. The van der Waals surface area contributed by atoms with Gasteiger partial charge in [-0.1, -0.05) is 6.07 Å². The van der Waals surface area contributed by atoms with Crippen molar-refractivity contribution in [3.8, 4) is 0 Å². The molecule has 0 N–H and O–H groups in total. The Balaban J connectivity index is 1.67. The maximum Gasteiger partial charge on any atom is 0.416 e. The van der Waals surface area contributed by atoms with E-state index in [1.54, 1.807) is 0 Å². The molecule has 2 aromatic rings. The SMILES string of the molecule is CN(F)S(=O)(=O)c1cccc(C(=O)N2CCN(c3ccc(C(F)(F)F)cc3)CC2)c1. The Hall–Kier alpha value is -2.66. The highest BCUT2D eigenvalue weighted by Gasteiger charge is 2.30. The molecule has 0 atom stereocenters. The second kappa shape index (κ2) is 8.23. The Morgan fingerprint density at radius 3 is 2.13 bits per heavy atom. The molecular weight excluding hydrogens is 426 g/mol. The lowest BCUT2D eigenvalue weighted by Gasteiger charge is -2.36. The summed E-state index contributed by atoms with van der Waals surface area (Å²) in [5.74, 6) is -0.402. The lowest BCUT2D eigenvalue weighted by atomic mass is 10.1. The van der Waals surface area contributed by atoms with Gasteiger partial charge in [0.1, 0.15) is 0 Å². The van der Waals surface area contributed by atoms with E-state index in [0.29, 0.717) is 31.9 Å². The molecule has 0 bridgehead atoms. The van der Waals surface area contributed by atoms with Crippen LogP contribution in [0.5, 0.6) is 0 Å². The number of nitrogens with zero attached hydrogens (tertiary/aromatic N) is 3. The van der Waals surface area contributed by atoms with Crippen LogP contribution in [-0.4, -0.2) is 57.0 Å². The van der Waals surface area contributed by atoms with E-state index in [-0.39, 0.29) is 10.5 Å². The van der Waals surface area contributed by atoms with Gasteiger partial charge in [-0.2, -0.15) is 13.2 Å². The molecule has 6 nitrogen and oxygen atoms in total. The number of benzene rings is 2. The average Bonchev–Trinajstić information content (AvgIpc) is 2.73. The molecule has 1 fully saturated rings. The van der Waals surface area contributed by atoms with Gasteiger partial charge in [0.25, 0.3) is 15.9 Å². The molecule has 1 amide bonds. The topological polar surface area (TPSA) is 60.9 Å². The number of halogens is 4. The Morgan fingerprint density at radius 2 is 1.60 bits per heavy atom. The maximum absolute atomic E-state index is 13.2. The van der Waals surface area contributed by atoms with Crippen molar-refractivity contribution in [1.82, 2.24) is 9.43 Å². The molecule has 0 aromatic heterocycles. The number of sulfonamides is 1. The first-order valence-electron chi connectivity index (χ1n) is 8.96. The minimum atomic E-state index is -4.40. The van der Waals surface area contributed by atoms with Crippen LogP contribution in [0.3, 0.4) is 0 Å². The van der Waals surface area contributed by atoms with E-state index in [9.17, 15) is 30.9 Å². The van der Waals surface area contributed by atoms with E-state index in [4.69, 9.17) is 0 Å². The minimum absolute atomic E-state index is 0.112. The number of hydrogen-bond acceptors (Lipinski definition) is 4. The predicted molar refractivity (Wildman–Crippen MR) is 102 cm³/mol. The Bertz CT molecular complexity index is 1020. The number of amides is 1. The van der Waals surface area contributed by atoms with Gasteiger partial charge < -0.3 is 9.80 Å². The van der Waals surface area contributed by atoms with Crippen molar-refractivity contribution in [3.63, 3.8) is 0 Å². The van der Waals surface area contributed by atoms with Crippen LogP contribution in [0.1, 0.15) is 15.9 Å². The standard InChI is InChI=1S/C19H19F4N3O3S/c1-24(23)30(28,29)17-4-2-3-14(13-17)18(27)26-11-9-25(10-12-26)16-7-5-15(6-8-16)19(20,21)22/h2-8,13H,9-12H2,1H3. The van der Waals surface area contributed by atoms with Gasteiger partial charge in [-0.3, -0.25) is 4.79 Å². The third-order valence-corrected chi connectivity index (χ3v) is 6.35. The zero-order valence-electron chi connectivity index (χ0n) is 15.9. The van der Waals surface area contributed by atoms with Crippen LogP contribution in [0.2, 0.25) is 0 Å². The van der Waals surface area contributed by atoms with Crippen LogP contribution < -0.4 is 4.90 Å².